The van der Waals surface area contributed by atoms with Gasteiger partial charge < -0.3 is 51.8 Å². The van der Waals surface area contributed by atoms with Crippen molar-refractivity contribution < 1.29 is 45.0 Å². The van der Waals surface area contributed by atoms with E-state index >= 15 is 0 Å². The molecule has 0 amide bonds. The van der Waals surface area contributed by atoms with Crippen molar-refractivity contribution >= 4 is 54.7 Å². The Hall–Kier alpha value is -5.68. The summed E-state index contributed by atoms with van der Waals surface area (Å²) in [7, 11) is 6.92. The maximum absolute atomic E-state index is 14.6. The molecule has 12 atom stereocenters. The number of benzene rings is 5. The van der Waals surface area contributed by atoms with Crippen molar-refractivity contribution in [3.05, 3.63) is 206 Å². The van der Waals surface area contributed by atoms with Crippen LogP contribution in [-0.4, -0.2) is 95.0 Å². The monoisotopic (exact) mass is 1310 g/mol. The van der Waals surface area contributed by atoms with E-state index in [0.29, 0.717) is 85.3 Å². The normalized spacial score (nSPS) is 30.4. The molecule has 92 heavy (non-hydrogen) atoms. The van der Waals surface area contributed by atoms with Crippen molar-refractivity contribution in [3.8, 4) is 29.1 Å². The number of aromatic amines is 1. The molecule has 3 heterocycles. The molecular formula is C76H85N3O9S4. The van der Waals surface area contributed by atoms with E-state index < -0.39 is 28.7 Å². The molecule has 7 aliphatic rings. The topological polar surface area (TPSA) is 233 Å². The molecule has 6 aromatic rings. The number of ether oxygens (including phenoxy) is 1. The molecule has 2 fully saturated rings. The van der Waals surface area contributed by atoms with Crippen LogP contribution in [0.3, 0.4) is 0 Å². The third kappa shape index (κ3) is 13.6. The largest absolute Gasteiger partial charge is 0.508 e. The summed E-state index contributed by atoms with van der Waals surface area (Å²) >= 11 is 0. The molecule has 5 aliphatic carbocycles. The van der Waals surface area contributed by atoms with Crippen molar-refractivity contribution in [2.75, 3.05) is 31.3 Å². The predicted octanol–water partition coefficient (Wildman–Crippen LogP) is 12.6. The maximum atomic E-state index is 14.6. The summed E-state index contributed by atoms with van der Waals surface area (Å²) in [5, 5.41) is 72.0. The lowest BCUT2D eigenvalue weighted by atomic mass is 9.60. The van der Waals surface area contributed by atoms with Gasteiger partial charge in [0.15, 0.2) is 23.1 Å². The molecule has 2 saturated carbocycles. The smallest absolute Gasteiger partial charge is 0.165 e. The van der Waals surface area contributed by atoms with Crippen LogP contribution in [0.2, 0.25) is 0 Å². The van der Waals surface area contributed by atoms with Gasteiger partial charge in [0.2, 0.25) is 0 Å². The van der Waals surface area contributed by atoms with Gasteiger partial charge in [0.05, 0.1) is 48.9 Å². The van der Waals surface area contributed by atoms with Crippen molar-refractivity contribution in [2.24, 2.45) is 52.4 Å². The van der Waals surface area contributed by atoms with Crippen LogP contribution >= 0.6 is 43.2 Å². The van der Waals surface area contributed by atoms with E-state index in [1.54, 1.807) is 68.9 Å². The number of H-pyrrole nitrogens is 1. The van der Waals surface area contributed by atoms with Crippen LogP contribution in [0.5, 0.6) is 17.2 Å². The first-order valence-corrected chi connectivity index (χ1v) is 37.8. The predicted molar refractivity (Wildman–Crippen MR) is 371 cm³/mol. The minimum absolute atomic E-state index is 0.0160. The number of phenols is 2. The first kappa shape index (κ1) is 65.0. The van der Waals surface area contributed by atoms with Crippen molar-refractivity contribution in [3.63, 3.8) is 0 Å². The number of aromatic nitrogens is 1. The first-order valence-electron chi connectivity index (χ1n) is 33.0. The minimum atomic E-state index is -1.29. The third-order valence-electron chi connectivity index (χ3n) is 21.9. The highest BCUT2D eigenvalue weighted by atomic mass is 33.1. The first-order chi connectivity index (χ1) is 44.6. The molecule has 16 heteroatoms. The highest BCUT2D eigenvalue weighted by Gasteiger charge is 2.60. The number of hydrogen-bond acceptors (Lipinski definition) is 15. The number of allylic oxidation sites excluding steroid dienone is 3. The number of carbonyl (C=O) groups excluding carboxylic acids is 2. The summed E-state index contributed by atoms with van der Waals surface area (Å²) in [6.45, 7) is -0.132. The van der Waals surface area contributed by atoms with Crippen molar-refractivity contribution in [1.82, 2.24) is 4.98 Å². The van der Waals surface area contributed by atoms with Gasteiger partial charge in [0.25, 0.3) is 0 Å². The Morgan fingerprint density at radius 3 is 2.41 bits per heavy atom. The van der Waals surface area contributed by atoms with Crippen LogP contribution in [-0.2, 0) is 49.1 Å². The van der Waals surface area contributed by atoms with Gasteiger partial charge in [-0.3, -0.25) is 9.59 Å². The van der Waals surface area contributed by atoms with E-state index in [-0.39, 0.29) is 102 Å². The fourth-order valence-corrected chi connectivity index (χ4v) is 22.8. The van der Waals surface area contributed by atoms with Gasteiger partial charge in [-0.05, 0) is 192 Å². The van der Waals surface area contributed by atoms with E-state index in [2.05, 4.69) is 89.7 Å². The fraction of sp³-hybridized carbons (Fsp3) is 0.447. The molecule has 12 nitrogen and oxygen atoms in total. The minimum Gasteiger partial charge on any atom is -0.508 e. The number of carbonyl (C=O) groups is 2. The fourth-order valence-electron chi connectivity index (χ4n) is 17.0. The van der Waals surface area contributed by atoms with Gasteiger partial charge >= 0.3 is 0 Å². The number of rotatable bonds is 6. The second-order valence-corrected chi connectivity index (χ2v) is 32.5. The number of aliphatic hydroxyl groups excluding tert-OH is 2. The number of hydrogen-bond donors (Lipinski definition) is 9. The summed E-state index contributed by atoms with van der Waals surface area (Å²) in [4.78, 5) is 32.3. The molecule has 0 unspecified atom stereocenters. The Balaban J connectivity index is 0.885. The van der Waals surface area contributed by atoms with Gasteiger partial charge in [-0.25, -0.2) is 0 Å². The molecule has 1 aromatic heterocycles. The highest BCUT2D eigenvalue weighted by molar-refractivity contribution is 8.77. The van der Waals surface area contributed by atoms with Gasteiger partial charge in [0.1, 0.15) is 5.75 Å². The number of aromatic hydroxyl groups is 2. The number of Topliss-reactive ketones (excluding diaryl/α,β-unsaturated/α-hetero) is 1. The summed E-state index contributed by atoms with van der Waals surface area (Å²) < 4.78 is 6.30. The summed E-state index contributed by atoms with van der Waals surface area (Å²) in [5.41, 5.74) is 21.8. The molecular weight excluding hydrogens is 1230 g/mol. The number of nitrogens with two attached hydrogens (primary N) is 2. The van der Waals surface area contributed by atoms with Gasteiger partial charge in [0, 0.05) is 76.9 Å². The van der Waals surface area contributed by atoms with Crippen LogP contribution in [0.4, 0.5) is 0 Å². The number of nitrogens with one attached hydrogen (secondary N) is 1. The number of ketones is 2. The molecule has 5 aromatic carbocycles. The Kier molecular flexibility index (Phi) is 19.7. The van der Waals surface area contributed by atoms with Gasteiger partial charge in [-0.15, -0.1) is 0 Å². The SMILES string of the molecule is NC(N)c1cc2c3cc1CSSC[C@@H]1C[C@@]4(/C=C/C(=O)CCc5ccc(O)c(c5)OCCc5ccc(O)c(c5)[C@H]3CC(=O)c3cc[nH]c3CC#C2)C[C@]1(O)[C@H]1C=C[C@H]4C[C@H]2C[C@](O)(CO)CCC[C@H]3[C@@H]2Cc2cc(CCc4ccccc4)ccc2[C@H](CO)[C@H]3CSS1. The summed E-state index contributed by atoms with van der Waals surface area (Å²) in [6, 6.07) is 34.0. The van der Waals surface area contributed by atoms with E-state index in [9.17, 15) is 40.2 Å². The third-order valence-corrected chi connectivity index (χ3v) is 27.1. The average Bonchev–Trinajstić information content (AvgIpc) is 1.61. The van der Waals surface area contributed by atoms with E-state index in [1.807, 2.05) is 35.1 Å². The molecule has 2 aliphatic heterocycles. The second kappa shape index (κ2) is 28.0. The van der Waals surface area contributed by atoms with E-state index in [4.69, 9.17) is 16.2 Å². The molecule has 1 spiro atoms. The zero-order valence-electron chi connectivity index (χ0n) is 52.0. The highest BCUT2D eigenvalue weighted by Crippen LogP contribution is 2.64. The van der Waals surface area contributed by atoms with Gasteiger partial charge in [-0.1, -0.05) is 152 Å². The zero-order valence-corrected chi connectivity index (χ0v) is 55.3. The van der Waals surface area contributed by atoms with Crippen LogP contribution in [0.15, 0.2) is 134 Å². The molecule has 11 N–H and O–H groups in total. The maximum Gasteiger partial charge on any atom is 0.165 e. The Morgan fingerprint density at radius 2 is 1.59 bits per heavy atom. The van der Waals surface area contributed by atoms with Crippen LogP contribution in [0.1, 0.15) is 153 Å². The lowest BCUT2D eigenvalue weighted by Crippen LogP contribution is -2.44. The molecule has 0 saturated heterocycles. The lowest BCUT2D eigenvalue weighted by molar-refractivity contribution is -0.114. The molecule has 15 bridgehead atoms. The Labute approximate surface area is 556 Å². The van der Waals surface area contributed by atoms with E-state index in [0.717, 1.165) is 71.4 Å². The van der Waals surface area contributed by atoms with Crippen LogP contribution < -0.4 is 16.2 Å². The standard InChI is InChI=1S/C76H85N3O9S4/c77-73(78)62-34-50-8-4-10-67-59(24-28-79-67)70(85)37-63-60(50)36-53(62)41-89-90-42-55-39-74(27-23-56(82)18-13-48-16-21-69(84)71(32-48)88-29-25-49-15-20-68(83)64(63)31-49)44-76(55,87)72-22-17-54(74)33-52-38-75(86,45-81)26-5-9-58-61(52)35-51-30-47(12-11-46-6-2-1-3-7-46)14-19-57(51)65(40-80)66(58)43-91-92-72/h1-3,6-7,14-17,19-24,27-28,30-32,34,36,52,54-55,58,61,63,65-66,72-73,79-81,83-84,86-87H,5,9-13,18,25-26,29,33,35,37-45,77-78H2/b27-23+/t52-,54-,55-,58-,61+,63-,65-,66-,72+,74-,75-,76+/m0/s1. The quantitative estimate of drug-likeness (QED) is 0.0327. The van der Waals surface area contributed by atoms with Crippen molar-refractivity contribution in [2.45, 2.75) is 137 Å². The summed E-state index contributed by atoms with van der Waals surface area (Å²) in [5.74, 6) is 8.05. The van der Waals surface area contributed by atoms with E-state index in [1.165, 1.54) is 22.3 Å². The molecule has 0 radical (unpaired) electrons. The second-order valence-electron chi connectivity index (χ2n) is 27.4. The number of aliphatic hydroxyl groups is 4. The van der Waals surface area contributed by atoms with Crippen LogP contribution in [0, 0.1) is 52.8 Å². The Morgan fingerprint density at radius 1 is 0.761 bits per heavy atom. The Bertz CT molecular complexity index is 3820. The number of aryl methyl sites for hydroxylation is 3. The van der Waals surface area contributed by atoms with Crippen LogP contribution in [0.25, 0.3) is 0 Å². The number of phenolic OH excluding ortho intramolecular Hbond substituents is 2. The zero-order chi connectivity index (χ0) is 63.7. The average molecular weight is 1310 g/mol. The molecule has 13 rings (SSSR count). The molecule has 482 valence electrons. The van der Waals surface area contributed by atoms with Gasteiger partial charge in [-0.2, -0.15) is 0 Å². The number of fused-ring (bicyclic) bond motifs is 14. The lowest BCUT2D eigenvalue weighted by Gasteiger charge is -2.46. The summed E-state index contributed by atoms with van der Waals surface area (Å²) in [6.07, 6.45) is 17.7. The van der Waals surface area contributed by atoms with Crippen molar-refractivity contribution in [1.29, 1.82) is 0 Å².